The van der Waals surface area contributed by atoms with E-state index in [-0.39, 0.29) is 12.2 Å². The Morgan fingerprint density at radius 1 is 1.06 bits per heavy atom. The molecule has 0 aliphatic carbocycles. The van der Waals surface area contributed by atoms with Crippen LogP contribution in [-0.2, 0) is 13.0 Å². The number of rotatable bonds is 8. The van der Waals surface area contributed by atoms with E-state index in [0.29, 0.717) is 38.9 Å². The van der Waals surface area contributed by atoms with Crippen molar-refractivity contribution in [3.63, 3.8) is 0 Å². The van der Waals surface area contributed by atoms with Gasteiger partial charge in [0, 0.05) is 26.5 Å². The van der Waals surface area contributed by atoms with Gasteiger partial charge in [0.25, 0.3) is 5.56 Å². The van der Waals surface area contributed by atoms with Gasteiger partial charge in [-0.1, -0.05) is 58.5 Å². The fraction of sp³-hybridized carbons (Fsp3) is 0.192. The van der Waals surface area contributed by atoms with Gasteiger partial charge in [-0.15, -0.1) is 0 Å². The molecule has 0 unspecified atom stereocenters. The molecule has 0 saturated carbocycles. The van der Waals surface area contributed by atoms with Crippen molar-refractivity contribution in [3.05, 3.63) is 99.3 Å². The van der Waals surface area contributed by atoms with Crippen LogP contribution in [0.5, 0.6) is 5.75 Å². The standard InChI is InChI=1S/C26H20Br3Cl2N3O2/c1-2-3-4-24-33-23-8-6-17(27)11-19(23)26(35)34(24)32-13-15-9-20(28)25(21(29)10-15)36-14-16-5-7-18(30)12-22(16)31/h5-13H,2-4,14H2,1H3. The average molecular weight is 717 g/mol. The highest BCUT2D eigenvalue weighted by Gasteiger charge is 2.13. The highest BCUT2D eigenvalue weighted by molar-refractivity contribution is 9.11. The van der Waals surface area contributed by atoms with Crippen LogP contribution < -0.4 is 10.3 Å². The lowest BCUT2D eigenvalue weighted by Crippen LogP contribution is -2.22. The molecule has 0 amide bonds. The maximum atomic E-state index is 13.3. The number of halogens is 5. The van der Waals surface area contributed by atoms with Crippen LogP contribution in [-0.4, -0.2) is 15.9 Å². The van der Waals surface area contributed by atoms with Gasteiger partial charge in [0.1, 0.15) is 18.2 Å². The third-order valence-corrected chi connectivity index (χ3v) is 7.62. The molecule has 5 nitrogen and oxygen atoms in total. The van der Waals surface area contributed by atoms with Crippen LogP contribution in [0, 0.1) is 0 Å². The van der Waals surface area contributed by atoms with Gasteiger partial charge in [-0.2, -0.15) is 9.78 Å². The SMILES string of the molecule is CCCCc1nc2ccc(Br)cc2c(=O)n1N=Cc1cc(Br)c(OCc2ccc(Cl)cc2Cl)c(Br)c1. The second-order valence-corrected chi connectivity index (χ2v) is 11.5. The maximum Gasteiger partial charge on any atom is 0.282 e. The summed E-state index contributed by atoms with van der Waals surface area (Å²) < 4.78 is 9.65. The smallest absolute Gasteiger partial charge is 0.282 e. The Labute approximate surface area is 243 Å². The predicted octanol–water partition coefficient (Wildman–Crippen LogP) is 8.79. The summed E-state index contributed by atoms with van der Waals surface area (Å²) in [6.45, 7) is 2.37. The lowest BCUT2D eigenvalue weighted by molar-refractivity contribution is 0.302. The van der Waals surface area contributed by atoms with Crippen LogP contribution in [0.15, 0.2) is 71.8 Å². The van der Waals surface area contributed by atoms with Gasteiger partial charge in [0.05, 0.1) is 26.1 Å². The van der Waals surface area contributed by atoms with Gasteiger partial charge in [-0.3, -0.25) is 4.79 Å². The molecule has 0 atom stereocenters. The van der Waals surface area contributed by atoms with E-state index in [1.807, 2.05) is 30.3 Å². The zero-order chi connectivity index (χ0) is 25.8. The highest BCUT2D eigenvalue weighted by atomic mass is 79.9. The summed E-state index contributed by atoms with van der Waals surface area (Å²) in [5, 5.41) is 6.14. The van der Waals surface area contributed by atoms with Gasteiger partial charge >= 0.3 is 0 Å². The van der Waals surface area contributed by atoms with Crippen molar-refractivity contribution < 1.29 is 4.74 Å². The van der Waals surface area contributed by atoms with Gasteiger partial charge in [-0.25, -0.2) is 4.98 Å². The molecule has 3 aromatic carbocycles. The molecule has 36 heavy (non-hydrogen) atoms. The van der Waals surface area contributed by atoms with E-state index < -0.39 is 0 Å². The van der Waals surface area contributed by atoms with Gasteiger partial charge in [0.2, 0.25) is 0 Å². The molecule has 0 fully saturated rings. The molecule has 186 valence electrons. The molecule has 4 aromatic rings. The van der Waals surface area contributed by atoms with Crippen LogP contribution in [0.3, 0.4) is 0 Å². The number of nitrogens with zero attached hydrogens (tertiary/aromatic N) is 3. The summed E-state index contributed by atoms with van der Waals surface area (Å²) in [5.74, 6) is 1.25. The highest BCUT2D eigenvalue weighted by Crippen LogP contribution is 2.35. The molecule has 0 saturated heterocycles. The number of aryl methyl sites for hydroxylation is 1. The van der Waals surface area contributed by atoms with Crippen LogP contribution >= 0.6 is 71.0 Å². The third-order valence-electron chi connectivity index (χ3n) is 5.36. The molecule has 1 heterocycles. The first-order valence-electron chi connectivity index (χ1n) is 11.1. The quantitative estimate of drug-likeness (QED) is 0.171. The summed E-state index contributed by atoms with van der Waals surface area (Å²) in [4.78, 5) is 18.0. The van der Waals surface area contributed by atoms with Crippen molar-refractivity contribution in [1.29, 1.82) is 0 Å². The first-order valence-corrected chi connectivity index (χ1v) is 14.2. The van der Waals surface area contributed by atoms with Crippen LogP contribution in [0.25, 0.3) is 10.9 Å². The fourth-order valence-corrected chi connectivity index (χ4v) is 5.79. The normalized spacial score (nSPS) is 11.5. The van der Waals surface area contributed by atoms with Crippen molar-refractivity contribution in [3.8, 4) is 5.75 Å². The molecule has 0 aliphatic heterocycles. The first kappa shape index (κ1) is 27.3. The Balaban J connectivity index is 1.64. The topological polar surface area (TPSA) is 56.5 Å². The number of aromatic nitrogens is 2. The van der Waals surface area contributed by atoms with Crippen molar-refractivity contribution in [2.75, 3.05) is 0 Å². The van der Waals surface area contributed by atoms with Gasteiger partial charge in [0.15, 0.2) is 0 Å². The van der Waals surface area contributed by atoms with E-state index in [9.17, 15) is 4.79 Å². The number of hydrogen-bond donors (Lipinski definition) is 0. The summed E-state index contributed by atoms with van der Waals surface area (Å²) in [6.07, 6.45) is 4.19. The second-order valence-electron chi connectivity index (χ2n) is 7.99. The first-order chi connectivity index (χ1) is 17.3. The van der Waals surface area contributed by atoms with E-state index in [0.717, 1.165) is 37.4 Å². The number of fused-ring (bicyclic) bond motifs is 1. The van der Waals surface area contributed by atoms with Crippen LogP contribution in [0.1, 0.15) is 36.7 Å². The zero-order valence-electron chi connectivity index (χ0n) is 19.1. The minimum Gasteiger partial charge on any atom is -0.486 e. The molecule has 1 aromatic heterocycles. The molecular formula is C26H20Br3Cl2N3O2. The Hall–Kier alpha value is -1.71. The monoisotopic (exact) mass is 713 g/mol. The Morgan fingerprint density at radius 2 is 1.81 bits per heavy atom. The molecule has 0 N–H and O–H groups in total. The summed E-state index contributed by atoms with van der Waals surface area (Å²) in [6, 6.07) is 14.5. The fourth-order valence-electron chi connectivity index (χ4n) is 3.52. The van der Waals surface area contributed by atoms with Crippen molar-refractivity contribution in [2.45, 2.75) is 32.8 Å². The van der Waals surface area contributed by atoms with E-state index in [1.54, 1.807) is 24.4 Å². The largest absolute Gasteiger partial charge is 0.486 e. The lowest BCUT2D eigenvalue weighted by atomic mass is 10.2. The molecule has 0 aliphatic rings. The Kier molecular flexibility index (Phi) is 9.28. The molecule has 10 heteroatoms. The predicted molar refractivity (Wildman–Crippen MR) is 158 cm³/mol. The van der Waals surface area contributed by atoms with Gasteiger partial charge in [-0.05, 0) is 86.3 Å². The summed E-state index contributed by atoms with van der Waals surface area (Å²) in [5.41, 5.74) is 2.04. The number of unbranched alkanes of at least 4 members (excludes halogenated alkanes) is 1. The van der Waals surface area contributed by atoms with E-state index in [4.69, 9.17) is 32.9 Å². The molecule has 4 rings (SSSR count). The maximum absolute atomic E-state index is 13.3. The minimum absolute atomic E-state index is 0.207. The molecular weight excluding hydrogens is 697 g/mol. The Morgan fingerprint density at radius 3 is 2.50 bits per heavy atom. The minimum atomic E-state index is -0.207. The molecule has 0 radical (unpaired) electrons. The molecule has 0 bridgehead atoms. The van der Waals surface area contributed by atoms with Crippen molar-refractivity contribution in [1.82, 2.24) is 9.66 Å². The number of hydrogen-bond acceptors (Lipinski definition) is 4. The lowest BCUT2D eigenvalue weighted by Gasteiger charge is -2.13. The van der Waals surface area contributed by atoms with Crippen LogP contribution in [0.4, 0.5) is 0 Å². The van der Waals surface area contributed by atoms with E-state index in [1.165, 1.54) is 4.68 Å². The Bertz CT molecular complexity index is 1500. The van der Waals surface area contributed by atoms with E-state index in [2.05, 4.69) is 59.8 Å². The third kappa shape index (κ3) is 6.40. The van der Waals surface area contributed by atoms with E-state index >= 15 is 0 Å². The van der Waals surface area contributed by atoms with Crippen molar-refractivity contribution in [2.24, 2.45) is 5.10 Å². The number of ether oxygens (including phenoxy) is 1. The average Bonchev–Trinajstić information content (AvgIpc) is 2.83. The van der Waals surface area contributed by atoms with Crippen molar-refractivity contribution >= 4 is 88.1 Å². The second kappa shape index (κ2) is 12.2. The zero-order valence-corrected chi connectivity index (χ0v) is 25.3. The van der Waals surface area contributed by atoms with Gasteiger partial charge < -0.3 is 4.74 Å². The molecule has 0 spiro atoms. The number of benzene rings is 3. The van der Waals surface area contributed by atoms with Crippen LogP contribution in [0.2, 0.25) is 10.0 Å². The summed E-state index contributed by atoms with van der Waals surface area (Å²) in [7, 11) is 0. The summed E-state index contributed by atoms with van der Waals surface area (Å²) >= 11 is 22.8.